The van der Waals surface area contributed by atoms with E-state index in [-0.39, 0.29) is 5.91 Å². The first kappa shape index (κ1) is 13.4. The van der Waals surface area contributed by atoms with Gasteiger partial charge in [0.1, 0.15) is 0 Å². The minimum atomic E-state index is -0.0195. The number of aryl methyl sites for hydroxylation is 1. The van der Waals surface area contributed by atoms with E-state index >= 15 is 0 Å². The maximum Gasteiger partial charge on any atom is 0.251 e. The second-order valence-electron chi connectivity index (χ2n) is 4.79. The van der Waals surface area contributed by atoms with Gasteiger partial charge in [-0.05, 0) is 43.4 Å². The Bertz CT molecular complexity index is 428. The summed E-state index contributed by atoms with van der Waals surface area (Å²) in [5.41, 5.74) is 1.68. The van der Waals surface area contributed by atoms with Crippen molar-refractivity contribution in [2.24, 2.45) is 5.92 Å². The first-order chi connectivity index (χ1) is 8.66. The molecule has 98 valence electrons. The van der Waals surface area contributed by atoms with E-state index in [4.69, 9.17) is 4.74 Å². The van der Waals surface area contributed by atoms with Crippen LogP contribution in [-0.2, 0) is 4.74 Å². The Hall–Kier alpha value is -1.00. The molecule has 1 aliphatic rings. The lowest BCUT2D eigenvalue weighted by Gasteiger charge is -2.22. The molecule has 1 saturated heterocycles. The highest BCUT2D eigenvalue weighted by atomic mass is 32.1. The predicted octanol–water partition coefficient (Wildman–Crippen LogP) is 2.44. The van der Waals surface area contributed by atoms with Crippen molar-refractivity contribution in [1.29, 1.82) is 0 Å². The largest absolute Gasteiger partial charge is 0.381 e. The second-order valence-corrected chi connectivity index (χ2v) is 5.31. The van der Waals surface area contributed by atoms with Crippen LogP contribution >= 0.6 is 12.6 Å². The topological polar surface area (TPSA) is 38.3 Å². The highest BCUT2D eigenvalue weighted by molar-refractivity contribution is 7.80. The van der Waals surface area contributed by atoms with Crippen molar-refractivity contribution >= 4 is 18.5 Å². The van der Waals surface area contributed by atoms with Gasteiger partial charge in [-0.3, -0.25) is 4.79 Å². The molecule has 1 N–H and O–H groups in total. The van der Waals surface area contributed by atoms with Crippen LogP contribution < -0.4 is 5.32 Å². The van der Waals surface area contributed by atoms with Crippen LogP contribution in [0.15, 0.2) is 23.1 Å². The number of nitrogens with one attached hydrogen (secondary N) is 1. The minimum absolute atomic E-state index is 0.0195. The van der Waals surface area contributed by atoms with Crippen molar-refractivity contribution in [2.45, 2.75) is 24.7 Å². The quantitative estimate of drug-likeness (QED) is 0.824. The van der Waals surface area contributed by atoms with Crippen LogP contribution in [0.2, 0.25) is 0 Å². The molecule has 0 saturated carbocycles. The van der Waals surface area contributed by atoms with Crippen molar-refractivity contribution in [3.05, 3.63) is 29.3 Å². The Labute approximate surface area is 113 Å². The Balaban J connectivity index is 1.92. The molecule has 0 spiro atoms. The summed E-state index contributed by atoms with van der Waals surface area (Å²) in [6.07, 6.45) is 2.22. The van der Waals surface area contributed by atoms with Crippen LogP contribution in [0.3, 0.4) is 0 Å². The Morgan fingerprint density at radius 2 is 2.39 bits per heavy atom. The predicted molar refractivity (Wildman–Crippen MR) is 74.3 cm³/mol. The van der Waals surface area contributed by atoms with Crippen molar-refractivity contribution in [2.75, 3.05) is 19.8 Å². The summed E-state index contributed by atoms with van der Waals surface area (Å²) >= 11 is 4.27. The number of carbonyl (C=O) groups excluding carboxylic acids is 1. The van der Waals surface area contributed by atoms with Crippen molar-refractivity contribution in [1.82, 2.24) is 5.32 Å². The van der Waals surface area contributed by atoms with E-state index in [0.717, 1.165) is 36.5 Å². The average molecular weight is 265 g/mol. The van der Waals surface area contributed by atoms with E-state index in [9.17, 15) is 4.79 Å². The van der Waals surface area contributed by atoms with Gasteiger partial charge in [-0.2, -0.15) is 0 Å². The smallest absolute Gasteiger partial charge is 0.251 e. The molecular formula is C14H19NO2S. The average Bonchev–Trinajstić information content (AvgIpc) is 2.40. The number of rotatable bonds is 3. The summed E-state index contributed by atoms with van der Waals surface area (Å²) < 4.78 is 5.40. The third-order valence-electron chi connectivity index (χ3n) is 3.27. The first-order valence-corrected chi connectivity index (χ1v) is 6.77. The van der Waals surface area contributed by atoms with E-state index in [0.29, 0.717) is 18.0 Å². The SMILES string of the molecule is Cc1ccc(S)cc1C(=O)NCC1CCCOC1. The molecule has 1 aromatic rings. The monoisotopic (exact) mass is 265 g/mol. The molecule has 1 unspecified atom stereocenters. The fraction of sp³-hybridized carbons (Fsp3) is 0.500. The van der Waals surface area contributed by atoms with E-state index < -0.39 is 0 Å². The van der Waals surface area contributed by atoms with Crippen LogP contribution in [-0.4, -0.2) is 25.7 Å². The fourth-order valence-corrected chi connectivity index (χ4v) is 2.36. The third kappa shape index (κ3) is 3.50. The lowest BCUT2D eigenvalue weighted by molar-refractivity contribution is 0.0536. The zero-order chi connectivity index (χ0) is 13.0. The number of amides is 1. The van der Waals surface area contributed by atoms with Crippen LogP contribution in [0.5, 0.6) is 0 Å². The molecule has 1 aromatic carbocycles. The number of hydrogen-bond donors (Lipinski definition) is 2. The molecule has 0 radical (unpaired) electrons. The maximum atomic E-state index is 12.1. The molecular weight excluding hydrogens is 246 g/mol. The lowest BCUT2D eigenvalue weighted by Crippen LogP contribution is -2.33. The van der Waals surface area contributed by atoms with Crippen LogP contribution in [0.4, 0.5) is 0 Å². The minimum Gasteiger partial charge on any atom is -0.381 e. The lowest BCUT2D eigenvalue weighted by atomic mass is 10.0. The molecule has 1 fully saturated rings. The van der Waals surface area contributed by atoms with Gasteiger partial charge in [0, 0.05) is 23.6 Å². The highest BCUT2D eigenvalue weighted by Gasteiger charge is 2.16. The number of ether oxygens (including phenoxy) is 1. The van der Waals surface area contributed by atoms with Gasteiger partial charge in [0.2, 0.25) is 0 Å². The Kier molecular flexibility index (Phi) is 4.66. The molecule has 2 rings (SSSR count). The fourth-order valence-electron chi connectivity index (χ4n) is 2.16. The molecule has 1 atom stereocenters. The summed E-state index contributed by atoms with van der Waals surface area (Å²) in [7, 11) is 0. The summed E-state index contributed by atoms with van der Waals surface area (Å²) in [4.78, 5) is 12.9. The standard InChI is InChI=1S/C14H19NO2S/c1-10-4-5-12(18)7-13(10)14(16)15-8-11-3-2-6-17-9-11/h4-5,7,11,18H,2-3,6,8-9H2,1H3,(H,15,16). The number of benzene rings is 1. The van der Waals surface area contributed by atoms with Crippen molar-refractivity contribution in [3.63, 3.8) is 0 Å². The normalized spacial score (nSPS) is 19.6. The number of thiol groups is 1. The van der Waals surface area contributed by atoms with Crippen LogP contribution in [0.25, 0.3) is 0 Å². The van der Waals surface area contributed by atoms with Gasteiger partial charge >= 0.3 is 0 Å². The zero-order valence-electron chi connectivity index (χ0n) is 10.6. The van der Waals surface area contributed by atoms with Crippen LogP contribution in [0.1, 0.15) is 28.8 Å². The van der Waals surface area contributed by atoms with Gasteiger partial charge in [-0.1, -0.05) is 6.07 Å². The molecule has 18 heavy (non-hydrogen) atoms. The summed E-state index contributed by atoms with van der Waals surface area (Å²) in [6, 6.07) is 5.62. The van der Waals surface area contributed by atoms with Gasteiger partial charge in [0.15, 0.2) is 0 Å². The second kappa shape index (κ2) is 6.25. The molecule has 0 aromatic heterocycles. The van der Waals surface area contributed by atoms with Gasteiger partial charge < -0.3 is 10.1 Å². The van der Waals surface area contributed by atoms with Gasteiger partial charge in [-0.25, -0.2) is 0 Å². The van der Waals surface area contributed by atoms with Gasteiger partial charge in [0.05, 0.1) is 6.61 Å². The molecule has 1 aliphatic heterocycles. The molecule has 1 amide bonds. The molecule has 0 bridgehead atoms. The summed E-state index contributed by atoms with van der Waals surface area (Å²) in [6.45, 7) is 4.23. The van der Waals surface area contributed by atoms with E-state index in [1.165, 1.54) is 0 Å². The van der Waals surface area contributed by atoms with E-state index in [2.05, 4.69) is 17.9 Å². The highest BCUT2D eigenvalue weighted by Crippen LogP contribution is 2.15. The van der Waals surface area contributed by atoms with E-state index in [1.54, 1.807) is 0 Å². The van der Waals surface area contributed by atoms with Gasteiger partial charge in [-0.15, -0.1) is 12.6 Å². The zero-order valence-corrected chi connectivity index (χ0v) is 11.5. The molecule has 0 aliphatic carbocycles. The molecule has 4 heteroatoms. The Morgan fingerprint density at radius 1 is 1.56 bits per heavy atom. The van der Waals surface area contributed by atoms with Crippen molar-refractivity contribution in [3.8, 4) is 0 Å². The molecule has 3 nitrogen and oxygen atoms in total. The Morgan fingerprint density at radius 3 is 3.11 bits per heavy atom. The maximum absolute atomic E-state index is 12.1. The first-order valence-electron chi connectivity index (χ1n) is 6.32. The number of carbonyl (C=O) groups is 1. The summed E-state index contributed by atoms with van der Waals surface area (Å²) in [5.74, 6) is 0.427. The summed E-state index contributed by atoms with van der Waals surface area (Å²) in [5, 5.41) is 2.98. The van der Waals surface area contributed by atoms with Gasteiger partial charge in [0.25, 0.3) is 5.91 Å². The molecule has 1 heterocycles. The van der Waals surface area contributed by atoms with Crippen LogP contribution in [0, 0.1) is 12.8 Å². The third-order valence-corrected chi connectivity index (χ3v) is 3.55. The van der Waals surface area contributed by atoms with E-state index in [1.807, 2.05) is 25.1 Å². The van der Waals surface area contributed by atoms with Crippen molar-refractivity contribution < 1.29 is 9.53 Å². The number of hydrogen-bond acceptors (Lipinski definition) is 3.